The van der Waals surface area contributed by atoms with Crippen LogP contribution in [0.1, 0.15) is 51.6 Å². The van der Waals surface area contributed by atoms with Gasteiger partial charge in [-0.2, -0.15) is 0 Å². The Kier molecular flexibility index (Phi) is 7.91. The van der Waals surface area contributed by atoms with Crippen LogP contribution in [0.5, 0.6) is 0 Å². The van der Waals surface area contributed by atoms with Crippen molar-refractivity contribution in [3.63, 3.8) is 0 Å². The predicted molar refractivity (Wildman–Crippen MR) is 125 cm³/mol. The van der Waals surface area contributed by atoms with Crippen molar-refractivity contribution >= 4 is 35.0 Å². The van der Waals surface area contributed by atoms with Crippen molar-refractivity contribution in [1.29, 1.82) is 0 Å². The number of benzene rings is 2. The Balaban J connectivity index is 1.57. The van der Waals surface area contributed by atoms with Crippen molar-refractivity contribution in [2.45, 2.75) is 56.2 Å². The zero-order valence-corrected chi connectivity index (χ0v) is 19.1. The third-order valence-corrected chi connectivity index (χ3v) is 7.28. The SMILES string of the molecule is CC[C@@H](Sc1ccc(Cl)cc1)C(=O)N[C@H](C)c1ccc(N2CCC(C)CC2)cc1. The lowest BCUT2D eigenvalue weighted by molar-refractivity contribution is -0.121. The van der Waals surface area contributed by atoms with Crippen molar-refractivity contribution < 1.29 is 4.79 Å². The molecule has 3 rings (SSSR count). The van der Waals surface area contributed by atoms with Gasteiger partial charge in [-0.1, -0.05) is 37.6 Å². The molecule has 1 saturated heterocycles. The molecule has 2 aromatic carbocycles. The number of piperidine rings is 1. The van der Waals surface area contributed by atoms with Gasteiger partial charge in [0, 0.05) is 28.7 Å². The smallest absolute Gasteiger partial charge is 0.233 e. The number of carbonyl (C=O) groups excluding carboxylic acids is 1. The van der Waals surface area contributed by atoms with Gasteiger partial charge in [0.25, 0.3) is 0 Å². The van der Waals surface area contributed by atoms with Crippen LogP contribution in [0.3, 0.4) is 0 Å². The van der Waals surface area contributed by atoms with Crippen LogP contribution in [0.25, 0.3) is 0 Å². The lowest BCUT2D eigenvalue weighted by Crippen LogP contribution is -2.34. The second-order valence-corrected chi connectivity index (χ2v) is 9.67. The van der Waals surface area contributed by atoms with E-state index in [0.29, 0.717) is 5.02 Å². The lowest BCUT2D eigenvalue weighted by Gasteiger charge is -2.32. The Labute approximate surface area is 184 Å². The highest BCUT2D eigenvalue weighted by atomic mass is 35.5. The standard InChI is InChI=1S/C24H31ClN2OS/c1-4-23(29-22-11-7-20(25)8-12-22)24(28)26-18(3)19-5-9-21(10-6-19)27-15-13-17(2)14-16-27/h5-12,17-18,23H,4,13-16H2,1-3H3,(H,26,28)/t18-,23-/m1/s1. The molecular formula is C24H31ClN2OS. The first-order chi connectivity index (χ1) is 14.0. The molecule has 5 heteroatoms. The van der Waals surface area contributed by atoms with E-state index in [-0.39, 0.29) is 17.2 Å². The summed E-state index contributed by atoms with van der Waals surface area (Å²) in [5, 5.41) is 3.78. The third kappa shape index (κ3) is 6.16. The summed E-state index contributed by atoms with van der Waals surface area (Å²) in [5.41, 5.74) is 2.42. The molecule has 1 N–H and O–H groups in total. The van der Waals surface area contributed by atoms with E-state index in [4.69, 9.17) is 11.6 Å². The summed E-state index contributed by atoms with van der Waals surface area (Å²) in [6.45, 7) is 8.70. The molecule has 0 bridgehead atoms. The van der Waals surface area contributed by atoms with Crippen LogP contribution in [0.4, 0.5) is 5.69 Å². The number of nitrogens with zero attached hydrogens (tertiary/aromatic N) is 1. The summed E-state index contributed by atoms with van der Waals surface area (Å²) in [4.78, 5) is 16.3. The van der Waals surface area contributed by atoms with Gasteiger partial charge in [0.1, 0.15) is 0 Å². The molecule has 0 saturated carbocycles. The zero-order chi connectivity index (χ0) is 20.8. The van der Waals surface area contributed by atoms with Crippen molar-refractivity contribution in [1.82, 2.24) is 5.32 Å². The molecule has 0 radical (unpaired) electrons. The average Bonchev–Trinajstić information content (AvgIpc) is 2.74. The van der Waals surface area contributed by atoms with Gasteiger partial charge in [0.15, 0.2) is 0 Å². The van der Waals surface area contributed by atoms with Crippen molar-refractivity contribution in [3.05, 3.63) is 59.1 Å². The highest BCUT2D eigenvalue weighted by molar-refractivity contribution is 8.00. The highest BCUT2D eigenvalue weighted by Crippen LogP contribution is 2.28. The lowest BCUT2D eigenvalue weighted by atomic mass is 9.98. The van der Waals surface area contributed by atoms with Gasteiger partial charge in [-0.15, -0.1) is 11.8 Å². The first kappa shape index (κ1) is 22.0. The van der Waals surface area contributed by atoms with Gasteiger partial charge in [0.2, 0.25) is 5.91 Å². The summed E-state index contributed by atoms with van der Waals surface area (Å²) in [6.07, 6.45) is 3.30. The number of halogens is 1. The van der Waals surface area contributed by atoms with Crippen molar-refractivity contribution in [3.8, 4) is 0 Å². The maximum absolute atomic E-state index is 12.8. The Morgan fingerprint density at radius 1 is 1.14 bits per heavy atom. The quantitative estimate of drug-likeness (QED) is 0.521. The molecule has 1 fully saturated rings. The number of rotatable bonds is 7. The van der Waals surface area contributed by atoms with Crippen LogP contribution in [-0.4, -0.2) is 24.2 Å². The third-order valence-electron chi connectivity index (χ3n) is 5.66. The molecule has 0 unspecified atom stereocenters. The van der Waals surface area contributed by atoms with Crippen LogP contribution >= 0.6 is 23.4 Å². The number of amides is 1. The first-order valence-corrected chi connectivity index (χ1v) is 11.8. The number of hydrogen-bond acceptors (Lipinski definition) is 3. The van der Waals surface area contributed by atoms with Gasteiger partial charge >= 0.3 is 0 Å². The van der Waals surface area contributed by atoms with Gasteiger partial charge in [-0.25, -0.2) is 0 Å². The Hall–Kier alpha value is -1.65. The van der Waals surface area contributed by atoms with Crippen molar-refractivity contribution in [2.24, 2.45) is 5.92 Å². The van der Waals surface area contributed by atoms with Crippen molar-refractivity contribution in [2.75, 3.05) is 18.0 Å². The van der Waals surface area contributed by atoms with Gasteiger partial charge in [-0.05, 0) is 74.1 Å². The van der Waals surface area contributed by atoms with Crippen LogP contribution in [0, 0.1) is 5.92 Å². The van der Waals surface area contributed by atoms with Crippen LogP contribution in [0.2, 0.25) is 5.02 Å². The highest BCUT2D eigenvalue weighted by Gasteiger charge is 2.21. The molecule has 1 heterocycles. The summed E-state index contributed by atoms with van der Waals surface area (Å²) >= 11 is 7.54. The normalized spacial score (nSPS) is 17.0. The maximum atomic E-state index is 12.8. The second-order valence-electron chi connectivity index (χ2n) is 7.96. The number of nitrogens with one attached hydrogen (secondary N) is 1. The molecule has 2 aromatic rings. The Morgan fingerprint density at radius 2 is 1.76 bits per heavy atom. The summed E-state index contributed by atoms with van der Waals surface area (Å²) in [5.74, 6) is 0.909. The van der Waals surface area contributed by atoms with Gasteiger partial charge in [-0.3, -0.25) is 4.79 Å². The molecule has 2 atom stereocenters. The second kappa shape index (κ2) is 10.4. The number of thioether (sulfide) groups is 1. The van der Waals surface area contributed by atoms with E-state index in [0.717, 1.165) is 35.9 Å². The molecule has 0 spiro atoms. The number of hydrogen-bond donors (Lipinski definition) is 1. The topological polar surface area (TPSA) is 32.3 Å². The molecule has 3 nitrogen and oxygen atoms in total. The molecule has 156 valence electrons. The zero-order valence-electron chi connectivity index (χ0n) is 17.5. The minimum atomic E-state index is -0.117. The van der Waals surface area contributed by atoms with E-state index in [2.05, 4.69) is 48.3 Å². The molecule has 0 aliphatic carbocycles. The summed E-state index contributed by atoms with van der Waals surface area (Å²) < 4.78 is 0. The fourth-order valence-electron chi connectivity index (χ4n) is 3.63. The number of anilines is 1. The van der Waals surface area contributed by atoms with Gasteiger partial charge < -0.3 is 10.2 Å². The van der Waals surface area contributed by atoms with E-state index < -0.39 is 0 Å². The van der Waals surface area contributed by atoms with Crippen LogP contribution in [0.15, 0.2) is 53.4 Å². The average molecular weight is 431 g/mol. The molecule has 1 aliphatic heterocycles. The van der Waals surface area contributed by atoms with E-state index >= 15 is 0 Å². The van der Waals surface area contributed by atoms with Crippen LogP contribution in [-0.2, 0) is 4.79 Å². The molecule has 29 heavy (non-hydrogen) atoms. The first-order valence-electron chi connectivity index (χ1n) is 10.5. The van der Waals surface area contributed by atoms with E-state index in [1.807, 2.05) is 31.2 Å². The summed E-state index contributed by atoms with van der Waals surface area (Å²) in [7, 11) is 0. The predicted octanol–water partition coefficient (Wildman–Crippen LogP) is 6.32. The molecular weight excluding hydrogens is 400 g/mol. The molecule has 0 aromatic heterocycles. The van der Waals surface area contributed by atoms with E-state index in [1.165, 1.54) is 18.5 Å². The minimum Gasteiger partial charge on any atom is -0.372 e. The largest absolute Gasteiger partial charge is 0.372 e. The van der Waals surface area contributed by atoms with Crippen LogP contribution < -0.4 is 10.2 Å². The minimum absolute atomic E-state index is 0.0159. The van der Waals surface area contributed by atoms with E-state index in [9.17, 15) is 4.79 Å². The molecule has 1 amide bonds. The Bertz CT molecular complexity index is 786. The fourth-order valence-corrected chi connectivity index (χ4v) is 4.72. The maximum Gasteiger partial charge on any atom is 0.233 e. The van der Waals surface area contributed by atoms with Gasteiger partial charge in [0.05, 0.1) is 11.3 Å². The Morgan fingerprint density at radius 3 is 2.34 bits per heavy atom. The number of carbonyl (C=O) groups is 1. The fraction of sp³-hybridized carbons (Fsp3) is 0.458. The molecule has 1 aliphatic rings. The monoisotopic (exact) mass is 430 g/mol. The summed E-state index contributed by atoms with van der Waals surface area (Å²) in [6, 6.07) is 16.3. The van der Waals surface area contributed by atoms with E-state index in [1.54, 1.807) is 11.8 Å².